The van der Waals surface area contributed by atoms with Gasteiger partial charge in [-0.05, 0) is 56.5 Å². The standard InChI is InChI=1S/C27H25NO5S/c1-18-9-11-21(12-10-18)34(29,30)28-24-7-3-2-6-22(24)23-15-19-14-20(33-26(19)16-25(23)28)17-32-27-8-4-5-13-31-27/h2-3,6-7,9-12,14-16,27H,4-5,8,13,17H2,1H3. The number of benzene rings is 3. The van der Waals surface area contributed by atoms with Crippen molar-refractivity contribution in [2.45, 2.75) is 44.0 Å². The molecule has 0 radical (unpaired) electrons. The van der Waals surface area contributed by atoms with E-state index in [0.29, 0.717) is 29.0 Å². The zero-order valence-corrected chi connectivity index (χ0v) is 19.7. The molecule has 1 fully saturated rings. The largest absolute Gasteiger partial charge is 0.459 e. The lowest BCUT2D eigenvalue weighted by molar-refractivity contribution is -0.171. The van der Waals surface area contributed by atoms with Crippen molar-refractivity contribution < 1.29 is 22.3 Å². The number of aryl methyl sites for hydroxylation is 1. The van der Waals surface area contributed by atoms with Crippen LogP contribution >= 0.6 is 0 Å². The van der Waals surface area contributed by atoms with Crippen molar-refractivity contribution >= 4 is 42.8 Å². The normalized spacial score (nSPS) is 17.1. The van der Waals surface area contributed by atoms with E-state index in [1.54, 1.807) is 12.1 Å². The molecule has 7 heteroatoms. The fourth-order valence-electron chi connectivity index (χ4n) is 4.69. The van der Waals surface area contributed by atoms with E-state index < -0.39 is 10.0 Å². The van der Waals surface area contributed by atoms with E-state index in [0.717, 1.165) is 47.6 Å². The molecule has 1 saturated heterocycles. The first-order valence-corrected chi connectivity index (χ1v) is 13.0. The molecule has 1 aliphatic rings. The van der Waals surface area contributed by atoms with Crippen molar-refractivity contribution in [2.24, 2.45) is 0 Å². The molecule has 6 rings (SSSR count). The molecular weight excluding hydrogens is 450 g/mol. The highest BCUT2D eigenvalue weighted by molar-refractivity contribution is 7.90. The van der Waals surface area contributed by atoms with E-state index in [2.05, 4.69) is 0 Å². The summed E-state index contributed by atoms with van der Waals surface area (Å²) < 4.78 is 46.5. The second-order valence-corrected chi connectivity index (χ2v) is 10.6. The highest BCUT2D eigenvalue weighted by Crippen LogP contribution is 2.36. The van der Waals surface area contributed by atoms with E-state index in [1.165, 1.54) is 3.97 Å². The van der Waals surface area contributed by atoms with Crippen molar-refractivity contribution in [1.29, 1.82) is 0 Å². The Morgan fingerprint density at radius 2 is 1.79 bits per heavy atom. The van der Waals surface area contributed by atoms with Gasteiger partial charge in [0.2, 0.25) is 0 Å². The zero-order chi connectivity index (χ0) is 23.3. The summed E-state index contributed by atoms with van der Waals surface area (Å²) >= 11 is 0. The van der Waals surface area contributed by atoms with Gasteiger partial charge in [-0.15, -0.1) is 0 Å². The average Bonchev–Trinajstić information content (AvgIpc) is 3.40. The molecule has 2 aromatic heterocycles. The Morgan fingerprint density at radius 1 is 0.971 bits per heavy atom. The van der Waals surface area contributed by atoms with Crippen molar-refractivity contribution in [3.05, 3.63) is 78.1 Å². The maximum atomic E-state index is 13.8. The van der Waals surface area contributed by atoms with Crippen LogP contribution in [0.3, 0.4) is 0 Å². The summed E-state index contributed by atoms with van der Waals surface area (Å²) in [7, 11) is -3.82. The lowest BCUT2D eigenvalue weighted by Crippen LogP contribution is -2.21. The summed E-state index contributed by atoms with van der Waals surface area (Å²) in [5.41, 5.74) is 2.86. The number of hydrogen-bond acceptors (Lipinski definition) is 5. The van der Waals surface area contributed by atoms with Crippen LogP contribution in [0, 0.1) is 6.92 Å². The molecule has 5 aromatic rings. The summed E-state index contributed by atoms with van der Waals surface area (Å²) in [6, 6.07) is 20.3. The number of para-hydroxylation sites is 1. The van der Waals surface area contributed by atoms with E-state index in [9.17, 15) is 8.42 Å². The molecule has 6 nitrogen and oxygen atoms in total. The maximum absolute atomic E-state index is 13.8. The van der Waals surface area contributed by atoms with Crippen LogP contribution in [0.1, 0.15) is 30.6 Å². The highest BCUT2D eigenvalue weighted by atomic mass is 32.2. The predicted molar refractivity (Wildman–Crippen MR) is 131 cm³/mol. The van der Waals surface area contributed by atoms with Gasteiger partial charge in [-0.25, -0.2) is 12.4 Å². The van der Waals surface area contributed by atoms with E-state index >= 15 is 0 Å². The summed E-state index contributed by atoms with van der Waals surface area (Å²) in [6.07, 6.45) is 2.85. The van der Waals surface area contributed by atoms with Gasteiger partial charge in [-0.1, -0.05) is 35.9 Å². The van der Waals surface area contributed by atoms with Gasteiger partial charge in [-0.3, -0.25) is 0 Å². The monoisotopic (exact) mass is 475 g/mol. The number of furan rings is 1. The Labute approximate surface area is 197 Å². The summed E-state index contributed by atoms with van der Waals surface area (Å²) in [5.74, 6) is 0.689. The van der Waals surface area contributed by atoms with Crippen LogP contribution in [0.4, 0.5) is 0 Å². The Bertz CT molecular complexity index is 1610. The summed E-state index contributed by atoms with van der Waals surface area (Å²) in [5, 5.41) is 2.65. The molecule has 174 valence electrons. The minimum absolute atomic E-state index is 0.200. The molecule has 34 heavy (non-hydrogen) atoms. The molecule has 0 bridgehead atoms. The van der Waals surface area contributed by atoms with Crippen LogP contribution in [0.15, 0.2) is 76.0 Å². The molecule has 3 heterocycles. The number of aromatic nitrogens is 1. The first kappa shape index (κ1) is 21.4. The van der Waals surface area contributed by atoms with Gasteiger partial charge >= 0.3 is 0 Å². The van der Waals surface area contributed by atoms with Gasteiger partial charge in [0.05, 0.1) is 15.9 Å². The first-order valence-electron chi connectivity index (χ1n) is 11.5. The maximum Gasteiger partial charge on any atom is 0.268 e. The summed E-state index contributed by atoms with van der Waals surface area (Å²) in [6.45, 7) is 2.97. The zero-order valence-electron chi connectivity index (χ0n) is 18.9. The van der Waals surface area contributed by atoms with Gasteiger partial charge in [0.25, 0.3) is 10.0 Å². The smallest absolute Gasteiger partial charge is 0.268 e. The third kappa shape index (κ3) is 3.60. The van der Waals surface area contributed by atoms with Crippen LogP contribution < -0.4 is 0 Å². The van der Waals surface area contributed by atoms with Gasteiger partial charge in [0.1, 0.15) is 18.0 Å². The highest BCUT2D eigenvalue weighted by Gasteiger charge is 2.24. The topological polar surface area (TPSA) is 70.7 Å². The SMILES string of the molecule is Cc1ccc(S(=O)(=O)n2c3ccccc3c3cc4cc(COC5CCCCO5)oc4cc32)cc1. The van der Waals surface area contributed by atoms with Crippen LogP contribution in [-0.4, -0.2) is 25.3 Å². The fourth-order valence-corrected chi connectivity index (χ4v) is 6.21. The Hall–Kier alpha value is -3.13. The number of fused-ring (bicyclic) bond motifs is 4. The van der Waals surface area contributed by atoms with Crippen molar-refractivity contribution in [3.63, 3.8) is 0 Å². The quantitative estimate of drug-likeness (QED) is 0.306. The average molecular weight is 476 g/mol. The number of nitrogens with zero attached hydrogens (tertiary/aromatic N) is 1. The van der Waals surface area contributed by atoms with Crippen molar-refractivity contribution in [1.82, 2.24) is 3.97 Å². The first-order chi connectivity index (χ1) is 16.5. The molecule has 0 amide bonds. The number of hydrogen-bond donors (Lipinski definition) is 0. The molecule has 1 atom stereocenters. The summed E-state index contributed by atoms with van der Waals surface area (Å²) in [4.78, 5) is 0.252. The van der Waals surface area contributed by atoms with Gasteiger partial charge < -0.3 is 13.9 Å². The van der Waals surface area contributed by atoms with Crippen LogP contribution in [0.5, 0.6) is 0 Å². The minimum atomic E-state index is -3.82. The van der Waals surface area contributed by atoms with Crippen LogP contribution in [0.2, 0.25) is 0 Å². The molecular formula is C27H25NO5S. The number of ether oxygens (including phenoxy) is 2. The second-order valence-electron chi connectivity index (χ2n) is 8.83. The molecule has 0 N–H and O–H groups in total. The third-order valence-corrected chi connectivity index (χ3v) is 8.17. The van der Waals surface area contributed by atoms with E-state index in [-0.39, 0.29) is 11.2 Å². The molecule has 1 aliphatic heterocycles. The molecule has 0 spiro atoms. The van der Waals surface area contributed by atoms with Gasteiger partial charge in [0.15, 0.2) is 6.29 Å². The minimum Gasteiger partial charge on any atom is -0.459 e. The van der Waals surface area contributed by atoms with Crippen LogP contribution in [0.25, 0.3) is 32.8 Å². The molecule has 1 unspecified atom stereocenters. The lowest BCUT2D eigenvalue weighted by atomic mass is 10.1. The van der Waals surface area contributed by atoms with Crippen LogP contribution in [-0.2, 0) is 26.1 Å². The van der Waals surface area contributed by atoms with Gasteiger partial charge in [0, 0.05) is 28.8 Å². The lowest BCUT2D eigenvalue weighted by Gasteiger charge is -2.22. The van der Waals surface area contributed by atoms with Crippen molar-refractivity contribution in [3.8, 4) is 0 Å². The molecule has 3 aromatic carbocycles. The molecule has 0 saturated carbocycles. The fraction of sp³-hybridized carbons (Fsp3) is 0.259. The predicted octanol–water partition coefficient (Wildman–Crippen LogP) is 6.13. The second kappa shape index (κ2) is 8.27. The number of rotatable bonds is 5. The Balaban J connectivity index is 1.48. The van der Waals surface area contributed by atoms with E-state index in [1.807, 2.05) is 61.5 Å². The molecule has 0 aliphatic carbocycles. The Morgan fingerprint density at radius 3 is 2.59 bits per heavy atom. The van der Waals surface area contributed by atoms with Gasteiger partial charge in [-0.2, -0.15) is 0 Å². The van der Waals surface area contributed by atoms with E-state index in [4.69, 9.17) is 13.9 Å². The Kier molecular flexibility index (Phi) is 5.21. The van der Waals surface area contributed by atoms with Crippen molar-refractivity contribution in [2.75, 3.05) is 6.61 Å². The third-order valence-electron chi connectivity index (χ3n) is 6.43.